The molecule has 36 valence electrons. The lowest BCUT2D eigenvalue weighted by atomic mass is 10.7. The monoisotopic (exact) mass is 87.1 g/mol. The Morgan fingerprint density at radius 3 is 2.17 bits per heavy atom. The van der Waals surface area contributed by atoms with Gasteiger partial charge >= 0.3 is 0 Å². The summed E-state index contributed by atoms with van der Waals surface area (Å²) in [7, 11) is 1.65. The molecule has 0 saturated heterocycles. The molecule has 2 heteroatoms. The summed E-state index contributed by atoms with van der Waals surface area (Å²) < 4.78 is 4.83. The first-order valence-corrected chi connectivity index (χ1v) is 2.11. The minimum absolute atomic E-state index is 0.208. The molecular weight excluding hydrogens is 78.0 g/mol. The van der Waals surface area contributed by atoms with Crippen molar-refractivity contribution in [3.63, 3.8) is 0 Å². The number of nitrogens with two attached hydrogens (primary N) is 1. The first kappa shape index (κ1) is 4.09. The minimum Gasteiger partial charge on any atom is -0.364 e. The van der Waals surface area contributed by atoms with Crippen LogP contribution in [0.5, 0.6) is 0 Å². The van der Waals surface area contributed by atoms with Crippen LogP contribution < -0.4 is 5.73 Å². The van der Waals surface area contributed by atoms with Gasteiger partial charge in [-0.25, -0.2) is 0 Å². The largest absolute Gasteiger partial charge is 0.364 e. The Bertz CT molecular complexity index is 58.6. The minimum atomic E-state index is -0.208. The third-order valence-electron chi connectivity index (χ3n) is 1.15. The van der Waals surface area contributed by atoms with E-state index in [1.165, 1.54) is 0 Å². The highest BCUT2D eigenvalue weighted by molar-refractivity contribution is 4.88. The van der Waals surface area contributed by atoms with E-state index in [4.69, 9.17) is 10.5 Å². The Hall–Kier alpha value is -0.0800. The molecule has 1 saturated carbocycles. The number of hydrogen-bond donors (Lipinski definition) is 1. The molecule has 6 heavy (non-hydrogen) atoms. The van der Waals surface area contributed by atoms with Crippen molar-refractivity contribution in [1.29, 1.82) is 0 Å². The SMILES string of the molecule is COC1(N)CC1. The van der Waals surface area contributed by atoms with Gasteiger partial charge in [0.05, 0.1) is 0 Å². The molecule has 2 N–H and O–H groups in total. The maximum absolute atomic E-state index is 5.42. The normalized spacial score (nSPS) is 27.0. The van der Waals surface area contributed by atoms with Gasteiger partial charge in [-0.3, -0.25) is 0 Å². The van der Waals surface area contributed by atoms with Gasteiger partial charge in [-0.2, -0.15) is 0 Å². The Morgan fingerprint density at radius 1 is 1.67 bits per heavy atom. The Balaban J connectivity index is 2.28. The molecule has 1 rings (SSSR count). The van der Waals surface area contributed by atoms with Crippen molar-refractivity contribution in [2.24, 2.45) is 5.73 Å². The summed E-state index contributed by atoms with van der Waals surface area (Å²) in [6.07, 6.45) is 2.06. The van der Waals surface area contributed by atoms with Crippen LogP contribution in [0.4, 0.5) is 0 Å². The zero-order valence-electron chi connectivity index (χ0n) is 3.90. The fraction of sp³-hybridized carbons (Fsp3) is 1.00. The van der Waals surface area contributed by atoms with E-state index < -0.39 is 0 Å². The van der Waals surface area contributed by atoms with Gasteiger partial charge < -0.3 is 10.5 Å². The van der Waals surface area contributed by atoms with Gasteiger partial charge in [0, 0.05) is 7.11 Å². The zero-order chi connectivity index (χ0) is 4.62. The van der Waals surface area contributed by atoms with Gasteiger partial charge in [0.15, 0.2) is 0 Å². The molecule has 0 bridgehead atoms. The van der Waals surface area contributed by atoms with Crippen molar-refractivity contribution < 1.29 is 4.74 Å². The fourth-order valence-electron chi connectivity index (χ4n) is 0.327. The maximum atomic E-state index is 5.42. The van der Waals surface area contributed by atoms with Crippen molar-refractivity contribution in [2.75, 3.05) is 7.11 Å². The predicted octanol–water partition coefficient (Wildman–Crippen LogP) is 0.0816. The van der Waals surface area contributed by atoms with Crippen molar-refractivity contribution in [3.05, 3.63) is 0 Å². The van der Waals surface area contributed by atoms with Gasteiger partial charge in [-0.1, -0.05) is 0 Å². The Labute approximate surface area is 37.3 Å². The maximum Gasteiger partial charge on any atom is 0.116 e. The molecule has 0 heterocycles. The fourth-order valence-corrected chi connectivity index (χ4v) is 0.327. The predicted molar refractivity (Wildman–Crippen MR) is 23.2 cm³/mol. The number of methoxy groups -OCH3 is 1. The van der Waals surface area contributed by atoms with Crippen LogP contribution in [-0.2, 0) is 4.74 Å². The van der Waals surface area contributed by atoms with E-state index in [1.807, 2.05) is 0 Å². The van der Waals surface area contributed by atoms with Crippen molar-refractivity contribution in [3.8, 4) is 0 Å². The van der Waals surface area contributed by atoms with Gasteiger partial charge in [0.1, 0.15) is 5.72 Å². The van der Waals surface area contributed by atoms with Crippen molar-refractivity contribution in [2.45, 2.75) is 18.6 Å². The summed E-state index contributed by atoms with van der Waals surface area (Å²) in [6, 6.07) is 0. The molecule has 1 aliphatic rings. The molecule has 0 amide bonds. The van der Waals surface area contributed by atoms with E-state index in [2.05, 4.69) is 0 Å². The number of hydrogen-bond acceptors (Lipinski definition) is 2. The second kappa shape index (κ2) is 0.950. The van der Waals surface area contributed by atoms with Crippen LogP contribution in [0.15, 0.2) is 0 Å². The van der Waals surface area contributed by atoms with Crippen molar-refractivity contribution in [1.82, 2.24) is 0 Å². The average molecular weight is 87.1 g/mol. The summed E-state index contributed by atoms with van der Waals surface area (Å²) in [6.45, 7) is 0. The summed E-state index contributed by atoms with van der Waals surface area (Å²) in [4.78, 5) is 0. The second-order valence-corrected chi connectivity index (χ2v) is 1.77. The molecule has 0 spiro atoms. The topological polar surface area (TPSA) is 35.2 Å². The van der Waals surface area contributed by atoms with E-state index in [-0.39, 0.29) is 5.72 Å². The van der Waals surface area contributed by atoms with Crippen LogP contribution in [0.3, 0.4) is 0 Å². The second-order valence-electron chi connectivity index (χ2n) is 1.77. The highest BCUT2D eigenvalue weighted by Gasteiger charge is 2.37. The van der Waals surface area contributed by atoms with E-state index in [1.54, 1.807) is 7.11 Å². The van der Waals surface area contributed by atoms with Crippen molar-refractivity contribution >= 4 is 0 Å². The van der Waals surface area contributed by atoms with Gasteiger partial charge in [-0.15, -0.1) is 0 Å². The van der Waals surface area contributed by atoms with E-state index >= 15 is 0 Å². The molecule has 0 unspecified atom stereocenters. The number of rotatable bonds is 1. The van der Waals surface area contributed by atoms with Crippen LogP contribution in [0.1, 0.15) is 12.8 Å². The molecule has 1 fully saturated rings. The quantitative estimate of drug-likeness (QED) is 0.460. The van der Waals surface area contributed by atoms with Gasteiger partial charge in [0.2, 0.25) is 0 Å². The first-order valence-electron chi connectivity index (χ1n) is 2.11. The molecule has 0 aliphatic heterocycles. The van der Waals surface area contributed by atoms with Crippen LogP contribution in [-0.4, -0.2) is 12.8 Å². The van der Waals surface area contributed by atoms with Gasteiger partial charge in [0.25, 0.3) is 0 Å². The standard InChI is InChI=1S/C4H9NO/c1-6-4(5)2-3-4/h2-3,5H2,1H3. The lowest BCUT2D eigenvalue weighted by molar-refractivity contribution is 0.0864. The highest BCUT2D eigenvalue weighted by Crippen LogP contribution is 2.31. The molecule has 2 nitrogen and oxygen atoms in total. The molecule has 0 aromatic rings. The van der Waals surface area contributed by atoms with E-state index in [0.717, 1.165) is 12.8 Å². The van der Waals surface area contributed by atoms with Crippen LogP contribution >= 0.6 is 0 Å². The summed E-state index contributed by atoms with van der Waals surface area (Å²) in [5, 5.41) is 0. The van der Waals surface area contributed by atoms with Crippen LogP contribution in [0, 0.1) is 0 Å². The highest BCUT2D eigenvalue weighted by atomic mass is 16.5. The van der Waals surface area contributed by atoms with Gasteiger partial charge in [-0.05, 0) is 12.8 Å². The lowest BCUT2D eigenvalue weighted by Crippen LogP contribution is -2.23. The third kappa shape index (κ3) is 0.533. The molecule has 0 atom stereocenters. The summed E-state index contributed by atoms with van der Waals surface area (Å²) in [5.41, 5.74) is 5.22. The molecular formula is C4H9NO. The van der Waals surface area contributed by atoms with E-state index in [0.29, 0.717) is 0 Å². The molecule has 1 aliphatic carbocycles. The van der Waals surface area contributed by atoms with E-state index in [9.17, 15) is 0 Å². The number of ether oxygens (including phenoxy) is 1. The summed E-state index contributed by atoms with van der Waals surface area (Å²) in [5.74, 6) is 0. The Kier molecular flexibility index (Phi) is 0.648. The smallest absolute Gasteiger partial charge is 0.116 e. The first-order chi connectivity index (χ1) is 2.77. The lowest BCUT2D eigenvalue weighted by Gasteiger charge is -2.00. The third-order valence-corrected chi connectivity index (χ3v) is 1.15. The van der Waals surface area contributed by atoms with Crippen LogP contribution in [0.25, 0.3) is 0 Å². The Morgan fingerprint density at radius 2 is 2.17 bits per heavy atom. The average Bonchev–Trinajstić information content (AvgIpc) is 2.22. The molecule has 0 radical (unpaired) electrons. The zero-order valence-corrected chi connectivity index (χ0v) is 3.90. The summed E-state index contributed by atoms with van der Waals surface area (Å²) >= 11 is 0. The molecule has 0 aromatic carbocycles. The molecule has 0 aromatic heterocycles. The van der Waals surface area contributed by atoms with Crippen LogP contribution in [0.2, 0.25) is 0 Å².